The second kappa shape index (κ2) is 9.31. The molecule has 26 heavy (non-hydrogen) atoms. The maximum absolute atomic E-state index is 12.2. The van der Waals surface area contributed by atoms with Crippen LogP contribution in [0.4, 0.5) is 0 Å². The first-order chi connectivity index (χ1) is 12.7. The highest BCUT2D eigenvalue weighted by Gasteiger charge is 2.26. The van der Waals surface area contributed by atoms with Crippen molar-refractivity contribution < 1.29 is 14.3 Å². The summed E-state index contributed by atoms with van der Waals surface area (Å²) in [6, 6.07) is 12.9. The third kappa shape index (κ3) is 5.28. The number of pyridine rings is 1. The molecule has 138 valence electrons. The van der Waals surface area contributed by atoms with Gasteiger partial charge < -0.3 is 20.5 Å². The Morgan fingerprint density at radius 3 is 2.69 bits per heavy atom. The van der Waals surface area contributed by atoms with Gasteiger partial charge in [-0.25, -0.2) is 0 Å². The van der Waals surface area contributed by atoms with E-state index in [4.69, 9.17) is 15.2 Å². The van der Waals surface area contributed by atoms with Crippen LogP contribution < -0.4 is 15.8 Å². The zero-order valence-electron chi connectivity index (χ0n) is 14.8. The molecule has 0 bridgehead atoms. The molecule has 6 nitrogen and oxygen atoms in total. The lowest BCUT2D eigenvalue weighted by atomic mass is 9.92. The first-order valence-electron chi connectivity index (χ1n) is 8.95. The van der Waals surface area contributed by atoms with Crippen LogP contribution in [-0.4, -0.2) is 30.1 Å². The van der Waals surface area contributed by atoms with Crippen molar-refractivity contribution in [3.8, 4) is 5.75 Å². The first-order valence-corrected chi connectivity index (χ1v) is 8.95. The van der Waals surface area contributed by atoms with Crippen molar-refractivity contribution in [2.75, 3.05) is 13.2 Å². The first kappa shape index (κ1) is 18.4. The Morgan fingerprint density at radius 2 is 2.00 bits per heavy atom. The fraction of sp³-hybridized carbons (Fsp3) is 0.400. The summed E-state index contributed by atoms with van der Waals surface area (Å²) in [6.45, 7) is 2.25. The molecule has 1 amide bonds. The van der Waals surface area contributed by atoms with Gasteiger partial charge in [0.15, 0.2) is 0 Å². The number of benzene rings is 1. The Kier molecular flexibility index (Phi) is 6.57. The van der Waals surface area contributed by atoms with Crippen LogP contribution in [0.15, 0.2) is 48.7 Å². The Morgan fingerprint density at radius 1 is 1.23 bits per heavy atom. The molecule has 0 spiro atoms. The van der Waals surface area contributed by atoms with E-state index in [-0.39, 0.29) is 11.8 Å². The van der Waals surface area contributed by atoms with Gasteiger partial charge in [0.2, 0.25) is 5.91 Å². The van der Waals surface area contributed by atoms with Gasteiger partial charge in [-0.15, -0.1) is 0 Å². The van der Waals surface area contributed by atoms with Crippen molar-refractivity contribution in [3.63, 3.8) is 0 Å². The minimum atomic E-state index is -0.472. The van der Waals surface area contributed by atoms with Crippen LogP contribution in [0.3, 0.4) is 0 Å². The van der Waals surface area contributed by atoms with Gasteiger partial charge in [0, 0.05) is 26.0 Å². The smallest absolute Gasteiger partial charge is 0.237 e. The Labute approximate surface area is 153 Å². The molecule has 1 aromatic carbocycles. The number of nitrogens with zero attached hydrogens (tertiary/aromatic N) is 1. The minimum Gasteiger partial charge on any atom is -0.487 e. The van der Waals surface area contributed by atoms with Crippen molar-refractivity contribution in [1.82, 2.24) is 10.3 Å². The summed E-state index contributed by atoms with van der Waals surface area (Å²) >= 11 is 0. The molecule has 1 aliphatic heterocycles. The molecule has 0 aliphatic carbocycles. The molecule has 1 saturated heterocycles. The zero-order valence-corrected chi connectivity index (χ0v) is 14.8. The van der Waals surface area contributed by atoms with Gasteiger partial charge in [-0.2, -0.15) is 0 Å². The van der Waals surface area contributed by atoms with E-state index in [1.165, 1.54) is 0 Å². The summed E-state index contributed by atoms with van der Waals surface area (Å²) in [6.07, 6.45) is 3.43. The van der Waals surface area contributed by atoms with Crippen molar-refractivity contribution in [2.45, 2.75) is 32.0 Å². The van der Waals surface area contributed by atoms with E-state index in [9.17, 15) is 4.79 Å². The summed E-state index contributed by atoms with van der Waals surface area (Å²) in [5.74, 6) is 0.864. The van der Waals surface area contributed by atoms with E-state index in [0.29, 0.717) is 26.4 Å². The molecule has 0 radical (unpaired) electrons. The Balaban J connectivity index is 1.44. The molecule has 6 heteroatoms. The number of nitrogens with two attached hydrogens (primary N) is 1. The average molecular weight is 355 g/mol. The van der Waals surface area contributed by atoms with Crippen LogP contribution in [-0.2, 0) is 22.7 Å². The number of aromatic nitrogens is 1. The summed E-state index contributed by atoms with van der Waals surface area (Å²) in [4.78, 5) is 16.5. The highest BCUT2D eigenvalue weighted by atomic mass is 16.5. The molecule has 1 aromatic heterocycles. The third-order valence-corrected chi connectivity index (χ3v) is 4.58. The van der Waals surface area contributed by atoms with Crippen molar-refractivity contribution in [2.24, 2.45) is 11.7 Å². The van der Waals surface area contributed by atoms with Gasteiger partial charge in [0.05, 0.1) is 11.7 Å². The average Bonchev–Trinajstić information content (AvgIpc) is 2.72. The van der Waals surface area contributed by atoms with E-state index in [2.05, 4.69) is 10.3 Å². The van der Waals surface area contributed by atoms with Crippen LogP contribution in [0.5, 0.6) is 5.75 Å². The SMILES string of the molecule is NC(C(=O)NCc1ccc(OCc2ccccn2)cc1)C1CCOCC1. The number of nitrogens with one attached hydrogen (secondary N) is 1. The van der Waals surface area contributed by atoms with Gasteiger partial charge in [-0.05, 0) is 48.6 Å². The molecule has 3 N–H and O–H groups in total. The number of carbonyl (C=O) groups is 1. The number of hydrogen-bond acceptors (Lipinski definition) is 5. The van der Waals surface area contributed by atoms with Crippen LogP contribution in [0, 0.1) is 5.92 Å². The normalized spacial score (nSPS) is 16.0. The predicted molar refractivity (Wildman–Crippen MR) is 98.4 cm³/mol. The Hall–Kier alpha value is -2.44. The number of amides is 1. The molecule has 2 aromatic rings. The summed E-state index contributed by atoms with van der Waals surface area (Å²) in [5, 5.41) is 2.92. The van der Waals surface area contributed by atoms with Crippen LogP contribution in [0.25, 0.3) is 0 Å². The van der Waals surface area contributed by atoms with E-state index < -0.39 is 6.04 Å². The summed E-state index contributed by atoms with van der Waals surface area (Å²) in [7, 11) is 0. The van der Waals surface area contributed by atoms with Gasteiger partial charge in [0.1, 0.15) is 12.4 Å². The maximum atomic E-state index is 12.2. The largest absolute Gasteiger partial charge is 0.487 e. The monoisotopic (exact) mass is 355 g/mol. The lowest BCUT2D eigenvalue weighted by Crippen LogP contribution is -2.46. The van der Waals surface area contributed by atoms with E-state index in [1.807, 2.05) is 42.5 Å². The quantitative estimate of drug-likeness (QED) is 0.794. The van der Waals surface area contributed by atoms with Crippen molar-refractivity contribution >= 4 is 5.91 Å². The van der Waals surface area contributed by atoms with Gasteiger partial charge in [0.25, 0.3) is 0 Å². The third-order valence-electron chi connectivity index (χ3n) is 4.58. The molecule has 3 rings (SSSR count). The van der Waals surface area contributed by atoms with Crippen LogP contribution >= 0.6 is 0 Å². The zero-order chi connectivity index (χ0) is 18.2. The van der Waals surface area contributed by atoms with Crippen LogP contribution in [0.1, 0.15) is 24.1 Å². The van der Waals surface area contributed by atoms with E-state index in [1.54, 1.807) is 6.20 Å². The fourth-order valence-electron chi connectivity index (χ4n) is 2.94. The molecule has 2 heterocycles. The lowest BCUT2D eigenvalue weighted by Gasteiger charge is -2.26. The van der Waals surface area contributed by atoms with E-state index in [0.717, 1.165) is 29.8 Å². The Bertz CT molecular complexity index is 685. The summed E-state index contributed by atoms with van der Waals surface area (Å²) in [5.41, 5.74) is 7.96. The summed E-state index contributed by atoms with van der Waals surface area (Å²) < 4.78 is 11.0. The van der Waals surface area contributed by atoms with Crippen molar-refractivity contribution in [3.05, 3.63) is 59.9 Å². The number of ether oxygens (including phenoxy) is 2. The molecule has 1 unspecified atom stereocenters. The number of hydrogen-bond donors (Lipinski definition) is 2. The number of rotatable bonds is 7. The van der Waals surface area contributed by atoms with E-state index >= 15 is 0 Å². The predicted octanol–water partition coefficient (Wildman–Crippen LogP) is 2.03. The molecule has 1 atom stereocenters. The van der Waals surface area contributed by atoms with Crippen molar-refractivity contribution in [1.29, 1.82) is 0 Å². The molecular formula is C20H25N3O3. The van der Waals surface area contributed by atoms with Gasteiger partial charge >= 0.3 is 0 Å². The highest BCUT2D eigenvalue weighted by molar-refractivity contribution is 5.81. The second-order valence-corrected chi connectivity index (χ2v) is 6.45. The van der Waals surface area contributed by atoms with Crippen LogP contribution in [0.2, 0.25) is 0 Å². The highest BCUT2D eigenvalue weighted by Crippen LogP contribution is 2.18. The molecular weight excluding hydrogens is 330 g/mol. The number of carbonyl (C=O) groups excluding carboxylic acids is 1. The second-order valence-electron chi connectivity index (χ2n) is 6.45. The minimum absolute atomic E-state index is 0.104. The standard InChI is InChI=1S/C20H25N3O3/c21-19(16-8-11-25-12-9-16)20(24)23-13-15-4-6-18(7-5-15)26-14-17-3-1-2-10-22-17/h1-7,10,16,19H,8-9,11-14,21H2,(H,23,24). The molecule has 0 saturated carbocycles. The van der Waals surface area contributed by atoms with Gasteiger partial charge in [-0.1, -0.05) is 18.2 Å². The lowest BCUT2D eigenvalue weighted by molar-refractivity contribution is -0.124. The molecule has 1 fully saturated rings. The molecule has 1 aliphatic rings. The fourth-order valence-corrected chi connectivity index (χ4v) is 2.94. The topological polar surface area (TPSA) is 86.5 Å². The van der Waals surface area contributed by atoms with Gasteiger partial charge in [-0.3, -0.25) is 9.78 Å². The maximum Gasteiger partial charge on any atom is 0.237 e.